The van der Waals surface area contributed by atoms with Gasteiger partial charge in [0.25, 0.3) is 0 Å². The van der Waals surface area contributed by atoms with Crippen LogP contribution in [0.15, 0.2) is 48.5 Å². The average molecular weight is 424 g/mol. The number of carbonyl (C=O) groups is 1. The van der Waals surface area contributed by atoms with Gasteiger partial charge >= 0.3 is 6.03 Å². The maximum Gasteiger partial charge on any atom is 0.314 e. The van der Waals surface area contributed by atoms with Gasteiger partial charge in [-0.25, -0.2) is 13.6 Å². The summed E-state index contributed by atoms with van der Waals surface area (Å²) in [5.74, 6) is -0.345. The summed E-state index contributed by atoms with van der Waals surface area (Å²) in [6, 6.07) is 12.2. The Kier molecular flexibility index (Phi) is 8.86. The fourth-order valence-corrected chi connectivity index (χ4v) is 3.53. The summed E-state index contributed by atoms with van der Waals surface area (Å²) in [6.07, 6.45) is 1.53. The number of nitrogens with one attached hydrogen (secondary N) is 2. The van der Waals surface area contributed by atoms with Crippen molar-refractivity contribution in [2.75, 3.05) is 39.6 Å². The highest BCUT2D eigenvalue weighted by molar-refractivity contribution is 6.18. The number of amides is 2. The number of hydrogen-bond acceptors (Lipinski definition) is 2. The number of nitrogens with zero attached hydrogens (tertiary/aromatic N) is 1. The molecule has 0 saturated heterocycles. The third-order valence-electron chi connectivity index (χ3n) is 4.93. The second-order valence-corrected chi connectivity index (χ2v) is 7.68. The molecule has 158 valence electrons. The van der Waals surface area contributed by atoms with E-state index < -0.39 is 5.41 Å². The normalized spacial score (nSPS) is 11.5. The molecular formula is C22H28ClF2N3O. The zero-order chi connectivity index (χ0) is 21.3. The van der Waals surface area contributed by atoms with Crippen molar-refractivity contribution >= 4 is 17.6 Å². The Balaban J connectivity index is 2.42. The van der Waals surface area contributed by atoms with E-state index in [0.717, 1.165) is 24.1 Å². The average Bonchev–Trinajstić information content (AvgIpc) is 2.70. The summed E-state index contributed by atoms with van der Waals surface area (Å²) < 4.78 is 27.2. The van der Waals surface area contributed by atoms with Crippen LogP contribution in [0.4, 0.5) is 13.6 Å². The van der Waals surface area contributed by atoms with E-state index >= 15 is 0 Å². The minimum Gasteiger partial charge on any atom is -0.337 e. The van der Waals surface area contributed by atoms with Gasteiger partial charge in [0.1, 0.15) is 11.6 Å². The number of rotatable bonds is 10. The van der Waals surface area contributed by atoms with Crippen molar-refractivity contribution in [3.05, 3.63) is 71.3 Å². The van der Waals surface area contributed by atoms with Gasteiger partial charge in [0.05, 0.1) is 0 Å². The fourth-order valence-electron chi connectivity index (χ4n) is 3.44. The molecule has 0 aliphatic heterocycles. The lowest BCUT2D eigenvalue weighted by molar-refractivity contribution is 0.238. The molecule has 0 aliphatic rings. The van der Waals surface area contributed by atoms with E-state index in [1.54, 1.807) is 24.3 Å². The first-order chi connectivity index (χ1) is 13.9. The van der Waals surface area contributed by atoms with E-state index in [0.29, 0.717) is 18.8 Å². The molecule has 0 radical (unpaired) electrons. The van der Waals surface area contributed by atoms with Gasteiger partial charge in [-0.2, -0.15) is 0 Å². The lowest BCUT2D eigenvalue weighted by Crippen LogP contribution is -2.46. The molecule has 29 heavy (non-hydrogen) atoms. The zero-order valence-electron chi connectivity index (χ0n) is 16.9. The van der Waals surface area contributed by atoms with Gasteiger partial charge < -0.3 is 15.5 Å². The summed E-state index contributed by atoms with van der Waals surface area (Å²) in [5.41, 5.74) is 1.10. The Hall–Kier alpha value is -2.18. The molecule has 7 heteroatoms. The van der Waals surface area contributed by atoms with E-state index in [2.05, 4.69) is 15.5 Å². The maximum absolute atomic E-state index is 13.6. The van der Waals surface area contributed by atoms with Crippen molar-refractivity contribution in [1.29, 1.82) is 0 Å². The Morgan fingerprint density at radius 3 is 1.93 bits per heavy atom. The van der Waals surface area contributed by atoms with Crippen LogP contribution in [-0.2, 0) is 5.41 Å². The highest BCUT2D eigenvalue weighted by atomic mass is 35.5. The molecular weight excluding hydrogens is 396 g/mol. The van der Waals surface area contributed by atoms with Gasteiger partial charge in [0.2, 0.25) is 0 Å². The van der Waals surface area contributed by atoms with Crippen LogP contribution in [0.1, 0.15) is 24.0 Å². The topological polar surface area (TPSA) is 44.4 Å². The van der Waals surface area contributed by atoms with Crippen molar-refractivity contribution in [2.45, 2.75) is 18.3 Å². The molecule has 0 unspecified atom stereocenters. The Bertz CT molecular complexity index is 721. The Morgan fingerprint density at radius 1 is 0.966 bits per heavy atom. The van der Waals surface area contributed by atoms with Gasteiger partial charge in [-0.1, -0.05) is 24.3 Å². The highest BCUT2D eigenvalue weighted by Gasteiger charge is 2.34. The van der Waals surface area contributed by atoms with Crippen molar-refractivity contribution in [2.24, 2.45) is 0 Å². The largest absolute Gasteiger partial charge is 0.337 e. The van der Waals surface area contributed by atoms with Crippen LogP contribution in [0.25, 0.3) is 0 Å². The molecule has 2 N–H and O–H groups in total. The van der Waals surface area contributed by atoms with Crippen molar-refractivity contribution in [3.8, 4) is 0 Å². The predicted molar refractivity (Wildman–Crippen MR) is 113 cm³/mol. The van der Waals surface area contributed by atoms with Gasteiger partial charge in [-0.3, -0.25) is 0 Å². The summed E-state index contributed by atoms with van der Waals surface area (Å²) in [6.45, 7) is 1.49. The molecule has 0 atom stereocenters. The van der Waals surface area contributed by atoms with Crippen molar-refractivity contribution in [3.63, 3.8) is 0 Å². The number of halogens is 3. The van der Waals surface area contributed by atoms with Crippen LogP contribution in [0.3, 0.4) is 0 Å². The van der Waals surface area contributed by atoms with Gasteiger partial charge in [0, 0.05) is 24.4 Å². The minimum atomic E-state index is -0.629. The maximum atomic E-state index is 13.6. The molecule has 0 aliphatic carbocycles. The molecule has 2 aromatic carbocycles. The van der Waals surface area contributed by atoms with Crippen LogP contribution < -0.4 is 10.6 Å². The third kappa shape index (κ3) is 6.68. The van der Waals surface area contributed by atoms with Crippen molar-refractivity contribution in [1.82, 2.24) is 15.5 Å². The molecule has 0 aromatic heterocycles. The summed E-state index contributed by atoms with van der Waals surface area (Å²) in [4.78, 5) is 14.3. The first kappa shape index (κ1) is 23.1. The monoisotopic (exact) mass is 423 g/mol. The number of alkyl halides is 1. The molecule has 0 fully saturated rings. The number of benzene rings is 2. The molecule has 0 saturated carbocycles. The summed E-state index contributed by atoms with van der Waals surface area (Å²) in [5, 5.41) is 5.60. The second kappa shape index (κ2) is 11.1. The van der Waals surface area contributed by atoms with Crippen molar-refractivity contribution < 1.29 is 13.6 Å². The predicted octanol–water partition coefficient (Wildman–Crippen LogP) is 4.13. The highest BCUT2D eigenvalue weighted by Crippen LogP contribution is 2.37. The van der Waals surface area contributed by atoms with E-state index in [1.807, 2.05) is 14.1 Å². The molecule has 0 spiro atoms. The van der Waals surface area contributed by atoms with Gasteiger partial charge in [-0.15, -0.1) is 11.6 Å². The molecule has 2 rings (SSSR count). The first-order valence-electron chi connectivity index (χ1n) is 9.62. The van der Waals surface area contributed by atoms with E-state index in [-0.39, 0.29) is 24.2 Å². The minimum absolute atomic E-state index is 0.284. The molecule has 2 aromatic rings. The van der Waals surface area contributed by atoms with E-state index in [9.17, 15) is 13.6 Å². The third-order valence-corrected chi connectivity index (χ3v) is 5.12. The molecule has 2 amide bonds. The quantitative estimate of drug-likeness (QED) is 0.564. The zero-order valence-corrected chi connectivity index (χ0v) is 17.6. The van der Waals surface area contributed by atoms with Crippen LogP contribution in [0.5, 0.6) is 0 Å². The fraction of sp³-hybridized carbons (Fsp3) is 0.409. The summed E-state index contributed by atoms with van der Waals surface area (Å²) in [7, 11) is 3.99. The smallest absolute Gasteiger partial charge is 0.314 e. The Morgan fingerprint density at radius 2 is 1.48 bits per heavy atom. The number of carbonyl (C=O) groups excluding carboxylic acids is 1. The summed E-state index contributed by atoms with van der Waals surface area (Å²) >= 11 is 5.64. The molecule has 0 heterocycles. The van der Waals surface area contributed by atoms with Crippen LogP contribution >= 0.6 is 11.6 Å². The standard InChI is InChI=1S/C22H28ClF2N3O/c1-28(2)15-3-12-22(16-27-21(29)26-14-13-23,17-4-8-19(24)9-5-17)18-6-10-20(25)11-7-18/h4-11H,3,12-16H2,1-2H3,(H2,26,27,29). The molecule has 0 bridgehead atoms. The lowest BCUT2D eigenvalue weighted by Gasteiger charge is -2.36. The van der Waals surface area contributed by atoms with E-state index in [4.69, 9.17) is 11.6 Å². The van der Waals surface area contributed by atoms with Crippen LogP contribution in [0, 0.1) is 11.6 Å². The second-order valence-electron chi connectivity index (χ2n) is 7.30. The SMILES string of the molecule is CN(C)CCCC(CNC(=O)NCCCl)(c1ccc(F)cc1)c1ccc(F)cc1. The van der Waals surface area contributed by atoms with Gasteiger partial charge in [-0.05, 0) is 68.9 Å². The lowest BCUT2D eigenvalue weighted by atomic mass is 9.71. The van der Waals surface area contributed by atoms with Crippen LogP contribution in [0.2, 0.25) is 0 Å². The number of urea groups is 1. The number of hydrogen-bond donors (Lipinski definition) is 2. The first-order valence-corrected chi connectivity index (χ1v) is 10.2. The molecule has 4 nitrogen and oxygen atoms in total. The van der Waals surface area contributed by atoms with E-state index in [1.165, 1.54) is 24.3 Å². The van der Waals surface area contributed by atoms with Gasteiger partial charge in [0.15, 0.2) is 0 Å². The Labute approximate surface area is 176 Å². The van der Waals surface area contributed by atoms with Crippen LogP contribution in [-0.4, -0.2) is 50.5 Å².